The van der Waals surface area contributed by atoms with Gasteiger partial charge in [0.15, 0.2) is 6.61 Å². The van der Waals surface area contributed by atoms with Gasteiger partial charge in [-0.1, -0.05) is 12.1 Å². The Morgan fingerprint density at radius 1 is 1.04 bits per heavy atom. The molecule has 0 aliphatic carbocycles. The van der Waals surface area contributed by atoms with Crippen LogP contribution in [0.15, 0.2) is 47.1 Å². The predicted octanol–water partition coefficient (Wildman–Crippen LogP) is 2.26. The first-order chi connectivity index (χ1) is 13.1. The van der Waals surface area contributed by atoms with E-state index >= 15 is 0 Å². The normalized spacial score (nSPS) is 10.1. The molecule has 0 atom stereocenters. The van der Waals surface area contributed by atoms with Crippen molar-refractivity contribution in [3.05, 3.63) is 48.4 Å². The summed E-state index contributed by atoms with van der Waals surface area (Å²) in [7, 11) is 0. The minimum Gasteiger partial charge on any atom is -0.492 e. The molecule has 0 aliphatic heterocycles. The molecule has 2 aromatic rings. The third-order valence-corrected chi connectivity index (χ3v) is 3.42. The van der Waals surface area contributed by atoms with Crippen molar-refractivity contribution in [1.29, 1.82) is 0 Å². The molecule has 8 heteroatoms. The number of anilines is 1. The second-order valence-corrected chi connectivity index (χ2v) is 5.49. The first kappa shape index (κ1) is 20.0. The molecule has 0 aliphatic rings. The molecule has 8 nitrogen and oxygen atoms in total. The maximum absolute atomic E-state index is 11.9. The van der Waals surface area contributed by atoms with Crippen molar-refractivity contribution in [3.8, 4) is 5.75 Å². The van der Waals surface area contributed by atoms with Crippen LogP contribution in [0.25, 0.3) is 0 Å². The van der Waals surface area contributed by atoms with Crippen molar-refractivity contribution in [1.82, 2.24) is 5.32 Å². The summed E-state index contributed by atoms with van der Waals surface area (Å²) in [5.41, 5.74) is 0.498. The van der Waals surface area contributed by atoms with Crippen molar-refractivity contribution >= 4 is 23.5 Å². The van der Waals surface area contributed by atoms with E-state index in [1.807, 2.05) is 6.92 Å². The minimum atomic E-state index is -0.628. The van der Waals surface area contributed by atoms with Gasteiger partial charge in [-0.05, 0) is 31.2 Å². The van der Waals surface area contributed by atoms with Gasteiger partial charge in [-0.3, -0.25) is 14.4 Å². The number of carbonyl (C=O) groups is 3. The van der Waals surface area contributed by atoms with E-state index in [-0.39, 0.29) is 25.3 Å². The lowest BCUT2D eigenvalue weighted by Gasteiger charge is -2.11. The largest absolute Gasteiger partial charge is 0.492 e. The summed E-state index contributed by atoms with van der Waals surface area (Å²) in [5.74, 6) is -0.268. The van der Waals surface area contributed by atoms with Crippen LogP contribution < -0.4 is 15.4 Å². The number of hydrogen-bond acceptors (Lipinski definition) is 6. The number of benzene rings is 1. The van der Waals surface area contributed by atoms with Crippen molar-refractivity contribution in [2.45, 2.75) is 26.3 Å². The highest BCUT2D eigenvalue weighted by atomic mass is 16.5. The van der Waals surface area contributed by atoms with Crippen LogP contribution in [0.4, 0.5) is 5.69 Å². The summed E-state index contributed by atoms with van der Waals surface area (Å²) >= 11 is 0. The molecule has 2 N–H and O–H groups in total. The lowest BCUT2D eigenvalue weighted by atomic mass is 10.3. The maximum Gasteiger partial charge on any atom is 0.306 e. The maximum atomic E-state index is 11.9. The standard InChI is InChI=1S/C19H22N2O6/c1-2-25-16-8-4-3-7-15(16)21-18(23)13-27-19(24)10-9-17(22)20-12-14-6-5-11-26-14/h3-8,11H,2,9-10,12-13H2,1H3,(H,20,22)(H,21,23). The summed E-state index contributed by atoms with van der Waals surface area (Å²) in [6, 6.07) is 10.4. The molecule has 1 heterocycles. The SMILES string of the molecule is CCOc1ccccc1NC(=O)COC(=O)CCC(=O)NCc1ccco1. The topological polar surface area (TPSA) is 107 Å². The second-order valence-electron chi connectivity index (χ2n) is 5.49. The van der Waals surface area contributed by atoms with Crippen LogP contribution in [0, 0.1) is 0 Å². The van der Waals surface area contributed by atoms with Crippen LogP contribution in [0.3, 0.4) is 0 Å². The molecule has 0 fully saturated rings. The average Bonchev–Trinajstić information content (AvgIpc) is 3.18. The smallest absolute Gasteiger partial charge is 0.306 e. The van der Waals surface area contributed by atoms with Crippen molar-refractivity contribution < 1.29 is 28.3 Å². The van der Waals surface area contributed by atoms with Crippen LogP contribution in [0.1, 0.15) is 25.5 Å². The van der Waals surface area contributed by atoms with Gasteiger partial charge in [-0.2, -0.15) is 0 Å². The van der Waals surface area contributed by atoms with Crippen LogP contribution in [-0.2, 0) is 25.7 Å². The number of carbonyl (C=O) groups excluding carboxylic acids is 3. The number of hydrogen-bond donors (Lipinski definition) is 2. The molecule has 0 bridgehead atoms. The molecule has 2 amide bonds. The molecular weight excluding hydrogens is 352 g/mol. The number of amides is 2. The number of esters is 1. The Hall–Kier alpha value is -3.29. The quantitative estimate of drug-likeness (QED) is 0.618. The predicted molar refractivity (Wildman–Crippen MR) is 97.0 cm³/mol. The van der Waals surface area contributed by atoms with Gasteiger partial charge < -0.3 is 24.5 Å². The minimum absolute atomic E-state index is 0.0334. The molecule has 2 rings (SSSR count). The van der Waals surface area contributed by atoms with E-state index in [2.05, 4.69) is 10.6 Å². The molecule has 0 spiro atoms. The van der Waals surface area contributed by atoms with E-state index in [1.54, 1.807) is 36.4 Å². The Bertz CT molecular complexity index is 757. The van der Waals surface area contributed by atoms with Gasteiger partial charge in [0.1, 0.15) is 11.5 Å². The van der Waals surface area contributed by atoms with Crippen LogP contribution >= 0.6 is 0 Å². The van der Waals surface area contributed by atoms with E-state index in [0.717, 1.165) is 0 Å². The molecule has 1 aromatic heterocycles. The Morgan fingerprint density at radius 3 is 2.59 bits per heavy atom. The Labute approximate surface area is 156 Å². The van der Waals surface area contributed by atoms with Gasteiger partial charge in [-0.15, -0.1) is 0 Å². The van der Waals surface area contributed by atoms with Crippen LogP contribution in [0.5, 0.6) is 5.75 Å². The van der Waals surface area contributed by atoms with Gasteiger partial charge in [0.25, 0.3) is 5.91 Å². The summed E-state index contributed by atoms with van der Waals surface area (Å²) in [6.07, 6.45) is 1.36. The van der Waals surface area contributed by atoms with Gasteiger partial charge in [0.2, 0.25) is 5.91 Å². The number of furan rings is 1. The average molecular weight is 374 g/mol. The molecule has 0 unspecified atom stereocenters. The van der Waals surface area contributed by atoms with Gasteiger partial charge in [0, 0.05) is 6.42 Å². The highest BCUT2D eigenvalue weighted by Gasteiger charge is 2.12. The fraction of sp³-hybridized carbons (Fsp3) is 0.316. The third-order valence-electron chi connectivity index (χ3n) is 3.42. The zero-order valence-electron chi connectivity index (χ0n) is 15.0. The summed E-state index contributed by atoms with van der Waals surface area (Å²) in [6.45, 7) is 2.12. The molecule has 0 radical (unpaired) electrons. The van der Waals surface area contributed by atoms with Crippen LogP contribution in [-0.4, -0.2) is 31.0 Å². The van der Waals surface area contributed by atoms with Gasteiger partial charge in [-0.25, -0.2) is 0 Å². The number of nitrogens with one attached hydrogen (secondary N) is 2. The molecule has 144 valence electrons. The lowest BCUT2D eigenvalue weighted by molar-refractivity contribution is -0.148. The molecule has 0 saturated carbocycles. The third kappa shape index (κ3) is 7.23. The van der Waals surface area contributed by atoms with E-state index < -0.39 is 18.5 Å². The zero-order chi connectivity index (χ0) is 19.5. The van der Waals surface area contributed by atoms with Crippen molar-refractivity contribution in [3.63, 3.8) is 0 Å². The Kier molecular flexibility index (Phi) is 7.90. The molecule has 1 aromatic carbocycles. The van der Waals surface area contributed by atoms with Gasteiger partial charge >= 0.3 is 5.97 Å². The molecule has 0 saturated heterocycles. The molecule has 27 heavy (non-hydrogen) atoms. The second kappa shape index (κ2) is 10.6. The number of rotatable bonds is 10. The number of ether oxygens (including phenoxy) is 2. The monoisotopic (exact) mass is 374 g/mol. The van der Waals surface area contributed by atoms with E-state index in [9.17, 15) is 14.4 Å². The Balaban J connectivity index is 1.66. The van der Waals surface area contributed by atoms with Crippen molar-refractivity contribution in [2.75, 3.05) is 18.5 Å². The van der Waals surface area contributed by atoms with Crippen molar-refractivity contribution in [2.24, 2.45) is 0 Å². The highest BCUT2D eigenvalue weighted by molar-refractivity contribution is 5.94. The fourth-order valence-corrected chi connectivity index (χ4v) is 2.16. The highest BCUT2D eigenvalue weighted by Crippen LogP contribution is 2.23. The summed E-state index contributed by atoms with van der Waals surface area (Å²) in [4.78, 5) is 35.3. The first-order valence-corrected chi connectivity index (χ1v) is 8.55. The van der Waals surface area contributed by atoms with E-state index in [0.29, 0.717) is 23.8 Å². The lowest BCUT2D eigenvalue weighted by Crippen LogP contribution is -2.24. The number of para-hydroxylation sites is 2. The first-order valence-electron chi connectivity index (χ1n) is 8.55. The fourth-order valence-electron chi connectivity index (χ4n) is 2.16. The van der Waals surface area contributed by atoms with E-state index in [4.69, 9.17) is 13.9 Å². The van der Waals surface area contributed by atoms with Crippen LogP contribution in [0.2, 0.25) is 0 Å². The Morgan fingerprint density at radius 2 is 1.85 bits per heavy atom. The summed E-state index contributed by atoms with van der Waals surface area (Å²) < 4.78 is 15.4. The van der Waals surface area contributed by atoms with E-state index in [1.165, 1.54) is 6.26 Å². The molecular formula is C19H22N2O6. The summed E-state index contributed by atoms with van der Waals surface area (Å²) in [5, 5.41) is 5.24. The zero-order valence-corrected chi connectivity index (χ0v) is 15.0. The van der Waals surface area contributed by atoms with Gasteiger partial charge in [0.05, 0.1) is 31.5 Å².